The Balaban J connectivity index is 1.65. The Kier molecular flexibility index (Phi) is 7.99. The average molecular weight is 508 g/mol. The maximum atomic E-state index is 13.2. The van der Waals surface area contributed by atoms with Gasteiger partial charge in [0.15, 0.2) is 0 Å². The van der Waals surface area contributed by atoms with E-state index in [0.717, 1.165) is 30.2 Å². The quantitative estimate of drug-likeness (QED) is 0.168. The van der Waals surface area contributed by atoms with Gasteiger partial charge < -0.3 is 9.15 Å². The van der Waals surface area contributed by atoms with E-state index in [1.54, 1.807) is 37.3 Å². The summed E-state index contributed by atoms with van der Waals surface area (Å²) in [4.78, 5) is 13.2. The van der Waals surface area contributed by atoms with Crippen molar-refractivity contribution in [1.82, 2.24) is 0 Å². The summed E-state index contributed by atoms with van der Waals surface area (Å²) in [5.74, 6) is -0.0101. The SMILES string of the molecule is CCCCCCCCOC(=O)c1c(C)oc2c1cc(NS(=O)(=O)c1ccc(C)cc1)c1ccccc12. The Morgan fingerprint density at radius 1 is 0.889 bits per heavy atom. The number of aryl methyl sites for hydroxylation is 2. The second-order valence-electron chi connectivity index (χ2n) is 9.20. The number of hydrogen-bond donors (Lipinski definition) is 1. The molecule has 4 aromatic rings. The summed E-state index contributed by atoms with van der Waals surface area (Å²) in [5.41, 5.74) is 2.22. The van der Waals surface area contributed by atoms with Crippen molar-refractivity contribution in [2.45, 2.75) is 64.2 Å². The zero-order valence-corrected chi connectivity index (χ0v) is 21.9. The van der Waals surface area contributed by atoms with Crippen molar-refractivity contribution in [1.29, 1.82) is 0 Å². The lowest BCUT2D eigenvalue weighted by atomic mass is 10.0. The molecule has 7 heteroatoms. The summed E-state index contributed by atoms with van der Waals surface area (Å²) in [6, 6.07) is 15.7. The van der Waals surface area contributed by atoms with E-state index in [-0.39, 0.29) is 4.90 Å². The first-order chi connectivity index (χ1) is 17.3. The highest BCUT2D eigenvalue weighted by Gasteiger charge is 2.24. The predicted molar refractivity (Wildman–Crippen MR) is 144 cm³/mol. The van der Waals surface area contributed by atoms with Crippen LogP contribution in [0.25, 0.3) is 21.7 Å². The standard InChI is InChI=1S/C29H33NO5S/c1-4-5-6-7-8-11-18-34-29(31)27-21(3)35-28-24-13-10-9-12-23(24)26(19-25(27)28)30-36(32,33)22-16-14-20(2)15-17-22/h9-10,12-17,19,30H,4-8,11,18H2,1-3H3. The predicted octanol–water partition coefficient (Wildman–Crippen LogP) is 7.52. The zero-order valence-electron chi connectivity index (χ0n) is 21.1. The number of nitrogens with one attached hydrogen (secondary N) is 1. The lowest BCUT2D eigenvalue weighted by Crippen LogP contribution is -2.13. The second kappa shape index (κ2) is 11.2. The van der Waals surface area contributed by atoms with E-state index in [9.17, 15) is 13.2 Å². The third kappa shape index (κ3) is 5.57. The van der Waals surface area contributed by atoms with E-state index in [4.69, 9.17) is 9.15 Å². The van der Waals surface area contributed by atoms with Crippen molar-refractivity contribution in [3.05, 3.63) is 71.5 Å². The lowest BCUT2D eigenvalue weighted by molar-refractivity contribution is 0.0497. The Bertz CT molecular complexity index is 1470. The first-order valence-corrected chi connectivity index (χ1v) is 14.0. The van der Waals surface area contributed by atoms with Crippen LogP contribution in [0.2, 0.25) is 0 Å². The number of carbonyl (C=O) groups is 1. The summed E-state index contributed by atoms with van der Waals surface area (Å²) in [6.45, 7) is 6.16. The van der Waals surface area contributed by atoms with Crippen LogP contribution in [-0.2, 0) is 14.8 Å². The number of fused-ring (bicyclic) bond motifs is 3. The summed E-state index contributed by atoms with van der Waals surface area (Å²) < 4.78 is 40.6. The molecule has 3 aromatic carbocycles. The molecule has 0 atom stereocenters. The number of hydrogen-bond acceptors (Lipinski definition) is 5. The number of carbonyl (C=O) groups excluding carboxylic acids is 1. The second-order valence-corrected chi connectivity index (χ2v) is 10.9. The topological polar surface area (TPSA) is 85.6 Å². The summed E-state index contributed by atoms with van der Waals surface area (Å²) >= 11 is 0. The smallest absolute Gasteiger partial charge is 0.342 e. The highest BCUT2D eigenvalue weighted by molar-refractivity contribution is 7.92. The first kappa shape index (κ1) is 25.8. The van der Waals surface area contributed by atoms with E-state index < -0.39 is 16.0 Å². The van der Waals surface area contributed by atoms with E-state index in [1.807, 2.05) is 31.2 Å². The van der Waals surface area contributed by atoms with Gasteiger partial charge in [-0.1, -0.05) is 81.0 Å². The number of benzene rings is 3. The van der Waals surface area contributed by atoms with Gasteiger partial charge in [0, 0.05) is 16.2 Å². The minimum absolute atomic E-state index is 0.166. The average Bonchev–Trinajstić information content (AvgIpc) is 3.19. The van der Waals surface area contributed by atoms with Crippen molar-refractivity contribution >= 4 is 43.4 Å². The number of anilines is 1. The molecule has 0 radical (unpaired) electrons. The molecule has 6 nitrogen and oxygen atoms in total. The Hall–Kier alpha value is -3.32. The molecule has 0 amide bonds. The summed E-state index contributed by atoms with van der Waals surface area (Å²) in [6.07, 6.45) is 6.59. The number of esters is 1. The van der Waals surface area contributed by atoms with Crippen molar-refractivity contribution in [3.8, 4) is 0 Å². The van der Waals surface area contributed by atoms with Crippen LogP contribution in [-0.4, -0.2) is 21.0 Å². The van der Waals surface area contributed by atoms with Gasteiger partial charge >= 0.3 is 5.97 Å². The number of rotatable bonds is 11. The molecule has 0 spiro atoms. The molecule has 0 bridgehead atoms. The fourth-order valence-electron chi connectivity index (χ4n) is 4.42. The third-order valence-corrected chi connectivity index (χ3v) is 7.76. The molecule has 0 saturated heterocycles. The van der Waals surface area contributed by atoms with E-state index >= 15 is 0 Å². The van der Waals surface area contributed by atoms with Crippen molar-refractivity contribution < 1.29 is 22.4 Å². The molecular weight excluding hydrogens is 474 g/mol. The number of ether oxygens (including phenoxy) is 1. The third-order valence-electron chi connectivity index (χ3n) is 6.38. The van der Waals surface area contributed by atoms with Crippen LogP contribution in [0.4, 0.5) is 5.69 Å². The molecule has 0 unspecified atom stereocenters. The van der Waals surface area contributed by atoms with Crippen molar-refractivity contribution in [3.63, 3.8) is 0 Å². The Morgan fingerprint density at radius 2 is 1.56 bits per heavy atom. The molecule has 0 fully saturated rings. The van der Waals surface area contributed by atoms with Crippen LogP contribution < -0.4 is 4.72 Å². The number of sulfonamides is 1. The van der Waals surface area contributed by atoms with Crippen molar-refractivity contribution in [2.24, 2.45) is 0 Å². The van der Waals surface area contributed by atoms with E-state index in [1.165, 1.54) is 19.3 Å². The number of unbranched alkanes of at least 4 members (excludes halogenated alkanes) is 5. The fraction of sp³-hybridized carbons (Fsp3) is 0.345. The molecule has 4 rings (SSSR count). The molecular formula is C29H33NO5S. The van der Waals surface area contributed by atoms with Gasteiger partial charge in [-0.25, -0.2) is 13.2 Å². The van der Waals surface area contributed by atoms with E-state index in [2.05, 4.69) is 11.6 Å². The fourth-order valence-corrected chi connectivity index (χ4v) is 5.49. The zero-order chi connectivity index (χ0) is 25.7. The van der Waals surface area contributed by atoms with Gasteiger partial charge in [-0.15, -0.1) is 0 Å². The monoisotopic (exact) mass is 507 g/mol. The van der Waals surface area contributed by atoms with E-state index in [0.29, 0.717) is 40.0 Å². The van der Waals surface area contributed by atoms with Crippen LogP contribution in [0, 0.1) is 13.8 Å². The minimum Gasteiger partial charge on any atom is -0.462 e. The van der Waals surface area contributed by atoms with Crippen LogP contribution in [0.3, 0.4) is 0 Å². The normalized spacial score (nSPS) is 11.8. The van der Waals surface area contributed by atoms with Gasteiger partial charge in [-0.2, -0.15) is 0 Å². The highest BCUT2D eigenvalue weighted by Crippen LogP contribution is 2.37. The summed E-state index contributed by atoms with van der Waals surface area (Å²) in [7, 11) is -3.84. The molecule has 1 heterocycles. The Labute approximate surface area is 212 Å². The Morgan fingerprint density at radius 3 is 2.28 bits per heavy atom. The molecule has 36 heavy (non-hydrogen) atoms. The van der Waals surface area contributed by atoms with Crippen LogP contribution in [0.1, 0.15) is 67.1 Å². The lowest BCUT2D eigenvalue weighted by Gasteiger charge is -2.12. The molecule has 0 aliphatic carbocycles. The molecule has 1 aromatic heterocycles. The van der Waals surface area contributed by atoms with Crippen LogP contribution in [0.15, 0.2) is 63.9 Å². The maximum Gasteiger partial charge on any atom is 0.342 e. The molecule has 190 valence electrons. The molecule has 0 aliphatic rings. The van der Waals surface area contributed by atoms with Gasteiger partial charge in [0.25, 0.3) is 10.0 Å². The van der Waals surface area contributed by atoms with Gasteiger partial charge in [-0.3, -0.25) is 4.72 Å². The van der Waals surface area contributed by atoms with Crippen LogP contribution in [0.5, 0.6) is 0 Å². The molecule has 0 saturated carbocycles. The number of furan rings is 1. The molecule has 1 N–H and O–H groups in total. The maximum absolute atomic E-state index is 13.2. The van der Waals surface area contributed by atoms with Gasteiger partial charge in [-0.05, 0) is 38.5 Å². The van der Waals surface area contributed by atoms with Gasteiger partial charge in [0.2, 0.25) is 0 Å². The largest absolute Gasteiger partial charge is 0.462 e. The molecule has 0 aliphatic heterocycles. The highest BCUT2D eigenvalue weighted by atomic mass is 32.2. The van der Waals surface area contributed by atoms with Crippen molar-refractivity contribution in [2.75, 3.05) is 11.3 Å². The van der Waals surface area contributed by atoms with Gasteiger partial charge in [0.05, 0.1) is 17.2 Å². The minimum atomic E-state index is -3.84. The summed E-state index contributed by atoms with van der Waals surface area (Å²) in [5, 5.41) is 1.93. The van der Waals surface area contributed by atoms with Gasteiger partial charge in [0.1, 0.15) is 16.9 Å². The first-order valence-electron chi connectivity index (χ1n) is 12.5. The van der Waals surface area contributed by atoms with Crippen LogP contribution >= 0.6 is 0 Å².